The molecule has 1 aliphatic carbocycles. The SMILES string of the molecule is CC(C)CCC1(N)c2ccccc2CC(N)C1O. The molecule has 5 N–H and O–H groups in total. The summed E-state index contributed by atoms with van der Waals surface area (Å²) < 4.78 is 0. The Morgan fingerprint density at radius 1 is 1.39 bits per heavy atom. The van der Waals surface area contributed by atoms with Crippen LogP contribution in [0.5, 0.6) is 0 Å². The summed E-state index contributed by atoms with van der Waals surface area (Å²) in [6.45, 7) is 4.34. The van der Waals surface area contributed by atoms with Gasteiger partial charge in [0, 0.05) is 6.04 Å². The van der Waals surface area contributed by atoms with E-state index in [1.165, 1.54) is 5.56 Å². The van der Waals surface area contributed by atoms with Crippen molar-refractivity contribution in [1.82, 2.24) is 0 Å². The maximum atomic E-state index is 10.4. The van der Waals surface area contributed by atoms with Gasteiger partial charge in [0.25, 0.3) is 0 Å². The molecule has 3 atom stereocenters. The van der Waals surface area contributed by atoms with Crippen LogP contribution in [0.15, 0.2) is 24.3 Å². The van der Waals surface area contributed by atoms with E-state index in [9.17, 15) is 5.11 Å². The predicted octanol–water partition coefficient (Wildman–Crippen LogP) is 1.52. The second kappa shape index (κ2) is 5.00. The Kier molecular flexibility index (Phi) is 3.76. The van der Waals surface area contributed by atoms with E-state index >= 15 is 0 Å². The van der Waals surface area contributed by atoms with Crippen LogP contribution in [0, 0.1) is 5.92 Å². The van der Waals surface area contributed by atoms with Crippen molar-refractivity contribution < 1.29 is 5.11 Å². The van der Waals surface area contributed by atoms with Gasteiger partial charge in [-0.2, -0.15) is 0 Å². The van der Waals surface area contributed by atoms with E-state index in [2.05, 4.69) is 19.9 Å². The molecule has 1 aromatic rings. The quantitative estimate of drug-likeness (QED) is 0.759. The van der Waals surface area contributed by atoms with Gasteiger partial charge in [0.05, 0.1) is 11.6 Å². The minimum absolute atomic E-state index is 0.267. The molecule has 0 saturated carbocycles. The molecule has 0 fully saturated rings. The van der Waals surface area contributed by atoms with Crippen molar-refractivity contribution in [2.45, 2.75) is 50.8 Å². The van der Waals surface area contributed by atoms with Crippen LogP contribution in [-0.2, 0) is 12.0 Å². The van der Waals surface area contributed by atoms with E-state index in [0.29, 0.717) is 12.3 Å². The molecule has 0 aromatic heterocycles. The van der Waals surface area contributed by atoms with Crippen LogP contribution in [-0.4, -0.2) is 17.3 Å². The molecule has 100 valence electrons. The lowest BCUT2D eigenvalue weighted by atomic mass is 9.70. The zero-order chi connectivity index (χ0) is 13.3. The van der Waals surface area contributed by atoms with Crippen molar-refractivity contribution in [3.8, 4) is 0 Å². The third-order valence-corrected chi connectivity index (χ3v) is 4.04. The Bertz CT molecular complexity index is 419. The van der Waals surface area contributed by atoms with Crippen LogP contribution in [0.4, 0.5) is 0 Å². The molecule has 0 bridgehead atoms. The maximum Gasteiger partial charge on any atom is 0.0915 e. The Hall–Kier alpha value is -0.900. The standard InChI is InChI=1S/C15H24N2O/c1-10(2)7-8-15(17)12-6-4-3-5-11(12)9-13(16)14(15)18/h3-6,10,13-14,18H,7-9,16-17H2,1-2H3. The Labute approximate surface area is 109 Å². The molecule has 1 aromatic carbocycles. The molecular formula is C15H24N2O. The number of aliphatic hydroxyl groups excluding tert-OH is 1. The molecule has 0 radical (unpaired) electrons. The number of hydrogen-bond donors (Lipinski definition) is 3. The summed E-state index contributed by atoms with van der Waals surface area (Å²) in [6.07, 6.45) is 1.81. The molecule has 3 unspecified atom stereocenters. The van der Waals surface area contributed by atoms with E-state index in [1.54, 1.807) is 0 Å². The molecule has 0 amide bonds. The van der Waals surface area contributed by atoms with Crippen LogP contribution < -0.4 is 11.5 Å². The highest BCUT2D eigenvalue weighted by Crippen LogP contribution is 2.37. The van der Waals surface area contributed by atoms with Gasteiger partial charge in [-0.15, -0.1) is 0 Å². The number of nitrogens with two attached hydrogens (primary N) is 2. The fraction of sp³-hybridized carbons (Fsp3) is 0.600. The highest BCUT2D eigenvalue weighted by molar-refractivity contribution is 5.39. The summed E-state index contributed by atoms with van der Waals surface area (Å²) in [5.74, 6) is 0.572. The summed E-state index contributed by atoms with van der Waals surface area (Å²) >= 11 is 0. The van der Waals surface area contributed by atoms with Crippen LogP contribution >= 0.6 is 0 Å². The maximum absolute atomic E-state index is 10.4. The van der Waals surface area contributed by atoms with Gasteiger partial charge in [-0.05, 0) is 36.3 Å². The van der Waals surface area contributed by atoms with Gasteiger partial charge in [-0.3, -0.25) is 0 Å². The predicted molar refractivity (Wildman–Crippen MR) is 74.1 cm³/mol. The lowest BCUT2D eigenvalue weighted by Crippen LogP contribution is -2.59. The van der Waals surface area contributed by atoms with E-state index < -0.39 is 11.6 Å². The number of aliphatic hydroxyl groups is 1. The third-order valence-electron chi connectivity index (χ3n) is 4.04. The summed E-state index contributed by atoms with van der Waals surface area (Å²) in [7, 11) is 0. The fourth-order valence-electron chi connectivity index (χ4n) is 2.87. The first-order valence-corrected chi connectivity index (χ1v) is 6.76. The lowest BCUT2D eigenvalue weighted by Gasteiger charge is -2.43. The zero-order valence-corrected chi connectivity index (χ0v) is 11.3. The van der Waals surface area contributed by atoms with Gasteiger partial charge in [0.1, 0.15) is 0 Å². The Morgan fingerprint density at radius 3 is 2.72 bits per heavy atom. The summed E-state index contributed by atoms with van der Waals surface area (Å²) in [6, 6.07) is 7.82. The van der Waals surface area contributed by atoms with Crippen molar-refractivity contribution in [2.24, 2.45) is 17.4 Å². The molecule has 2 rings (SSSR count). The summed E-state index contributed by atoms with van der Waals surface area (Å²) in [4.78, 5) is 0. The van der Waals surface area contributed by atoms with Crippen LogP contribution in [0.25, 0.3) is 0 Å². The van der Waals surface area contributed by atoms with Crippen LogP contribution in [0.3, 0.4) is 0 Å². The normalized spacial score (nSPS) is 31.4. The van der Waals surface area contributed by atoms with Crippen molar-refractivity contribution in [3.05, 3.63) is 35.4 Å². The average molecular weight is 248 g/mol. The smallest absolute Gasteiger partial charge is 0.0915 e. The second-order valence-corrected chi connectivity index (χ2v) is 5.94. The van der Waals surface area contributed by atoms with Crippen molar-refractivity contribution in [1.29, 1.82) is 0 Å². The van der Waals surface area contributed by atoms with Crippen molar-refractivity contribution >= 4 is 0 Å². The number of rotatable bonds is 3. The average Bonchev–Trinajstić information content (AvgIpc) is 2.34. The fourth-order valence-corrected chi connectivity index (χ4v) is 2.87. The van der Waals surface area contributed by atoms with Gasteiger partial charge in [0.2, 0.25) is 0 Å². The Balaban J connectivity index is 2.36. The first-order valence-electron chi connectivity index (χ1n) is 6.76. The Morgan fingerprint density at radius 2 is 2.06 bits per heavy atom. The first-order chi connectivity index (χ1) is 8.45. The minimum atomic E-state index is -0.696. The number of benzene rings is 1. The van der Waals surface area contributed by atoms with Gasteiger partial charge in [-0.25, -0.2) is 0 Å². The molecule has 0 heterocycles. The molecule has 1 aliphatic rings. The van der Waals surface area contributed by atoms with Gasteiger partial charge >= 0.3 is 0 Å². The largest absolute Gasteiger partial charge is 0.389 e. The van der Waals surface area contributed by atoms with Crippen molar-refractivity contribution in [3.63, 3.8) is 0 Å². The molecule has 0 aliphatic heterocycles. The zero-order valence-electron chi connectivity index (χ0n) is 11.3. The van der Waals surface area contributed by atoms with Gasteiger partial charge < -0.3 is 16.6 Å². The third kappa shape index (κ3) is 2.30. The van der Waals surface area contributed by atoms with E-state index in [4.69, 9.17) is 11.5 Å². The summed E-state index contributed by atoms with van der Waals surface area (Å²) in [5.41, 5.74) is 14.1. The van der Waals surface area contributed by atoms with Gasteiger partial charge in [-0.1, -0.05) is 38.1 Å². The summed E-state index contributed by atoms with van der Waals surface area (Å²) in [5, 5.41) is 10.4. The lowest BCUT2D eigenvalue weighted by molar-refractivity contribution is 0.0414. The highest BCUT2D eigenvalue weighted by Gasteiger charge is 2.43. The van der Waals surface area contributed by atoms with Gasteiger partial charge in [0.15, 0.2) is 0 Å². The first kappa shape index (κ1) is 13.5. The number of hydrogen-bond acceptors (Lipinski definition) is 3. The van der Waals surface area contributed by atoms with Crippen LogP contribution in [0.1, 0.15) is 37.8 Å². The molecule has 0 saturated heterocycles. The second-order valence-electron chi connectivity index (χ2n) is 5.94. The molecular weight excluding hydrogens is 224 g/mol. The van der Waals surface area contributed by atoms with E-state index in [1.807, 2.05) is 18.2 Å². The monoisotopic (exact) mass is 248 g/mol. The van der Waals surface area contributed by atoms with Crippen LogP contribution in [0.2, 0.25) is 0 Å². The molecule has 3 heteroatoms. The molecule has 3 nitrogen and oxygen atoms in total. The molecule has 18 heavy (non-hydrogen) atoms. The van der Waals surface area contributed by atoms with Crippen molar-refractivity contribution in [2.75, 3.05) is 0 Å². The highest BCUT2D eigenvalue weighted by atomic mass is 16.3. The van der Waals surface area contributed by atoms with E-state index in [0.717, 1.165) is 18.4 Å². The van der Waals surface area contributed by atoms with E-state index in [-0.39, 0.29) is 6.04 Å². The topological polar surface area (TPSA) is 72.3 Å². The number of fused-ring (bicyclic) bond motifs is 1. The molecule has 0 spiro atoms. The minimum Gasteiger partial charge on any atom is -0.389 e.